The summed E-state index contributed by atoms with van der Waals surface area (Å²) < 4.78 is 5.92. The van der Waals surface area contributed by atoms with Crippen LogP contribution in [-0.4, -0.2) is 37.7 Å². The second-order valence-corrected chi connectivity index (χ2v) is 9.66. The number of fused-ring (bicyclic) bond motifs is 1. The third-order valence-electron chi connectivity index (χ3n) is 6.85. The van der Waals surface area contributed by atoms with Crippen molar-refractivity contribution >= 4 is 5.91 Å². The van der Waals surface area contributed by atoms with Crippen LogP contribution in [0.1, 0.15) is 70.5 Å². The summed E-state index contributed by atoms with van der Waals surface area (Å²) >= 11 is 0. The molecule has 2 aromatic heterocycles. The van der Waals surface area contributed by atoms with Crippen LogP contribution >= 0.6 is 0 Å². The minimum Gasteiger partial charge on any atom is -0.507 e. The number of nitrogens with zero attached hydrogens (tertiary/aromatic N) is 3. The number of aromatic nitrogens is 3. The number of rotatable bonds is 9. The first-order valence-corrected chi connectivity index (χ1v) is 12.8. The van der Waals surface area contributed by atoms with Gasteiger partial charge in [0.25, 0.3) is 5.91 Å². The molecule has 4 aromatic rings. The number of nitrogens with one attached hydrogen (secondary N) is 1. The van der Waals surface area contributed by atoms with Gasteiger partial charge in [0.15, 0.2) is 0 Å². The van der Waals surface area contributed by atoms with Crippen molar-refractivity contribution in [2.24, 2.45) is 0 Å². The predicted octanol–water partition coefficient (Wildman–Crippen LogP) is 6.11. The number of carbonyl (C=O) groups excluding carboxylic acids is 1. The van der Waals surface area contributed by atoms with E-state index in [4.69, 9.17) is 4.74 Å². The van der Waals surface area contributed by atoms with Crippen molar-refractivity contribution in [1.29, 1.82) is 0 Å². The van der Waals surface area contributed by atoms with Crippen LogP contribution < -0.4 is 4.74 Å². The summed E-state index contributed by atoms with van der Waals surface area (Å²) in [5.41, 5.74) is 6.09. The Labute approximate surface area is 217 Å². The molecule has 3 heterocycles. The standard InChI is InChI=1S/C30H32N4O3/c1-4-5-6-14-37-23-11-9-22(10-12-23)28-25-26(24-16-19(2)15-20(3)29(24)35)32-33-27(25)30(36)34(28)18-21-8-7-13-31-17-21/h7-13,15-17,28,35H,4-6,14,18H2,1-3H3,(H,32,33). The lowest BCUT2D eigenvalue weighted by atomic mass is 9.94. The van der Waals surface area contributed by atoms with Crippen molar-refractivity contribution in [3.63, 3.8) is 0 Å². The van der Waals surface area contributed by atoms with Crippen LogP contribution in [0, 0.1) is 13.8 Å². The van der Waals surface area contributed by atoms with E-state index < -0.39 is 0 Å². The zero-order valence-corrected chi connectivity index (χ0v) is 21.5. The Morgan fingerprint density at radius 2 is 1.92 bits per heavy atom. The number of ether oxygens (including phenoxy) is 1. The van der Waals surface area contributed by atoms with Gasteiger partial charge in [-0.2, -0.15) is 5.10 Å². The number of carbonyl (C=O) groups is 1. The van der Waals surface area contributed by atoms with Gasteiger partial charge < -0.3 is 14.7 Å². The minimum absolute atomic E-state index is 0.133. The van der Waals surface area contributed by atoms with Crippen LogP contribution in [0.25, 0.3) is 11.3 Å². The zero-order valence-electron chi connectivity index (χ0n) is 21.5. The number of H-pyrrole nitrogens is 1. The molecule has 7 nitrogen and oxygen atoms in total. The summed E-state index contributed by atoms with van der Waals surface area (Å²) in [6, 6.07) is 15.2. The largest absolute Gasteiger partial charge is 0.507 e. The monoisotopic (exact) mass is 496 g/mol. The van der Waals surface area contributed by atoms with Gasteiger partial charge in [0, 0.05) is 30.1 Å². The highest BCUT2D eigenvalue weighted by Gasteiger charge is 2.42. The number of benzene rings is 2. The molecule has 1 aliphatic heterocycles. The van der Waals surface area contributed by atoms with E-state index in [0.717, 1.165) is 52.8 Å². The highest BCUT2D eigenvalue weighted by molar-refractivity contribution is 6.00. The van der Waals surface area contributed by atoms with Crippen molar-refractivity contribution in [2.45, 2.75) is 52.6 Å². The van der Waals surface area contributed by atoms with Gasteiger partial charge in [-0.1, -0.05) is 44.0 Å². The molecule has 2 aromatic carbocycles. The second kappa shape index (κ2) is 10.5. The maximum atomic E-state index is 13.7. The summed E-state index contributed by atoms with van der Waals surface area (Å²) in [6.07, 6.45) is 6.81. The van der Waals surface area contributed by atoms with E-state index in [1.165, 1.54) is 0 Å². The molecule has 2 N–H and O–H groups in total. The maximum absolute atomic E-state index is 13.7. The maximum Gasteiger partial charge on any atom is 0.273 e. The molecule has 0 fully saturated rings. The molecule has 0 aliphatic carbocycles. The molecule has 1 atom stereocenters. The Morgan fingerprint density at radius 1 is 1.11 bits per heavy atom. The first-order valence-electron chi connectivity index (χ1n) is 12.8. The molecule has 0 spiro atoms. The normalized spacial score (nSPS) is 14.7. The first kappa shape index (κ1) is 24.6. The Bertz CT molecular complexity index is 1400. The molecule has 0 saturated heterocycles. The number of aromatic hydroxyl groups is 1. The Hall–Kier alpha value is -4.13. The molecule has 0 radical (unpaired) electrons. The van der Waals surface area contributed by atoms with Crippen LogP contribution in [0.15, 0.2) is 60.9 Å². The summed E-state index contributed by atoms with van der Waals surface area (Å²) in [6.45, 7) is 7.11. The molecule has 1 aliphatic rings. The third kappa shape index (κ3) is 4.81. The molecule has 37 heavy (non-hydrogen) atoms. The van der Waals surface area contributed by atoms with Crippen molar-refractivity contribution < 1.29 is 14.6 Å². The number of hydrogen-bond donors (Lipinski definition) is 2. The van der Waals surface area contributed by atoms with Gasteiger partial charge in [-0.3, -0.25) is 14.9 Å². The minimum atomic E-state index is -0.384. The van der Waals surface area contributed by atoms with Gasteiger partial charge in [0.05, 0.1) is 12.6 Å². The van der Waals surface area contributed by atoms with Gasteiger partial charge >= 0.3 is 0 Å². The molecule has 7 heteroatoms. The SMILES string of the molecule is CCCCCOc1ccc(C2c3c(-c4cc(C)cc(C)c4O)n[nH]c3C(=O)N2Cc2cccnc2)cc1. The summed E-state index contributed by atoms with van der Waals surface area (Å²) in [5.74, 6) is 0.849. The van der Waals surface area contributed by atoms with Crippen LogP contribution in [0.5, 0.6) is 11.5 Å². The number of aryl methyl sites for hydroxylation is 2. The molecule has 0 bridgehead atoms. The third-order valence-corrected chi connectivity index (χ3v) is 6.85. The van der Waals surface area contributed by atoms with Crippen LogP contribution in [0.4, 0.5) is 0 Å². The Kier molecular flexibility index (Phi) is 6.95. The van der Waals surface area contributed by atoms with E-state index in [0.29, 0.717) is 30.1 Å². The molecule has 1 unspecified atom stereocenters. The molecule has 5 rings (SSSR count). The number of phenols is 1. The summed E-state index contributed by atoms with van der Waals surface area (Å²) in [7, 11) is 0. The Morgan fingerprint density at radius 3 is 2.65 bits per heavy atom. The lowest BCUT2D eigenvalue weighted by molar-refractivity contribution is 0.0730. The van der Waals surface area contributed by atoms with Gasteiger partial charge in [-0.05, 0) is 66.8 Å². The van der Waals surface area contributed by atoms with E-state index in [9.17, 15) is 9.90 Å². The fraction of sp³-hybridized carbons (Fsp3) is 0.300. The topological polar surface area (TPSA) is 91.3 Å². The lowest BCUT2D eigenvalue weighted by Crippen LogP contribution is -2.29. The highest BCUT2D eigenvalue weighted by atomic mass is 16.5. The molecule has 0 saturated carbocycles. The van der Waals surface area contributed by atoms with Crippen molar-refractivity contribution in [3.05, 3.63) is 94.4 Å². The van der Waals surface area contributed by atoms with E-state index >= 15 is 0 Å². The van der Waals surface area contributed by atoms with E-state index in [1.807, 2.05) is 67.3 Å². The van der Waals surface area contributed by atoms with E-state index in [-0.39, 0.29) is 17.7 Å². The van der Waals surface area contributed by atoms with Crippen LogP contribution in [0.2, 0.25) is 0 Å². The average molecular weight is 497 g/mol. The highest BCUT2D eigenvalue weighted by Crippen LogP contribution is 2.46. The van der Waals surface area contributed by atoms with Crippen molar-refractivity contribution in [1.82, 2.24) is 20.1 Å². The lowest BCUT2D eigenvalue weighted by Gasteiger charge is -2.26. The predicted molar refractivity (Wildman–Crippen MR) is 143 cm³/mol. The summed E-state index contributed by atoms with van der Waals surface area (Å²) in [4.78, 5) is 19.7. The molecular formula is C30H32N4O3. The quantitative estimate of drug-likeness (QED) is 0.273. The van der Waals surface area contributed by atoms with Crippen LogP contribution in [-0.2, 0) is 6.54 Å². The van der Waals surface area contributed by atoms with Gasteiger partial charge in [-0.25, -0.2) is 0 Å². The van der Waals surface area contributed by atoms with Gasteiger partial charge in [0.2, 0.25) is 0 Å². The fourth-order valence-electron chi connectivity index (χ4n) is 5.03. The number of phenolic OH excluding ortho intramolecular Hbond substituents is 1. The van der Waals surface area contributed by atoms with Crippen molar-refractivity contribution in [2.75, 3.05) is 6.61 Å². The zero-order chi connectivity index (χ0) is 25.9. The number of pyridine rings is 1. The van der Waals surface area contributed by atoms with Crippen LogP contribution in [0.3, 0.4) is 0 Å². The van der Waals surface area contributed by atoms with Crippen molar-refractivity contribution in [3.8, 4) is 22.8 Å². The molecular weight excluding hydrogens is 464 g/mol. The number of amides is 1. The van der Waals surface area contributed by atoms with E-state index in [2.05, 4.69) is 22.1 Å². The first-order chi connectivity index (χ1) is 18.0. The number of aromatic amines is 1. The number of hydrogen-bond acceptors (Lipinski definition) is 5. The van der Waals surface area contributed by atoms with E-state index in [1.54, 1.807) is 12.4 Å². The Balaban J connectivity index is 1.56. The number of unbranched alkanes of at least 4 members (excludes halogenated alkanes) is 2. The van der Waals surface area contributed by atoms with Gasteiger partial charge in [-0.15, -0.1) is 0 Å². The summed E-state index contributed by atoms with van der Waals surface area (Å²) in [5, 5.41) is 18.4. The molecule has 190 valence electrons. The fourth-order valence-corrected chi connectivity index (χ4v) is 5.03. The molecule has 1 amide bonds. The average Bonchev–Trinajstić information content (AvgIpc) is 3.44. The second-order valence-electron chi connectivity index (χ2n) is 9.66. The van der Waals surface area contributed by atoms with Gasteiger partial charge in [0.1, 0.15) is 22.9 Å². The smallest absolute Gasteiger partial charge is 0.273 e.